The van der Waals surface area contributed by atoms with Crippen LogP contribution < -0.4 is 14.8 Å². The summed E-state index contributed by atoms with van der Waals surface area (Å²) in [5, 5.41) is 28.6. The molecule has 4 heterocycles. The number of nitrogens with one attached hydrogen (secondary N) is 1. The van der Waals surface area contributed by atoms with Gasteiger partial charge in [-0.15, -0.1) is 10.2 Å². The number of morpholine rings is 1. The summed E-state index contributed by atoms with van der Waals surface area (Å²) in [5.41, 5.74) is 2.37. The van der Waals surface area contributed by atoms with E-state index >= 15 is 0 Å². The zero-order valence-corrected chi connectivity index (χ0v) is 26.5. The number of nitrogens with zero attached hydrogens (tertiary/aromatic N) is 10. The van der Waals surface area contributed by atoms with Crippen molar-refractivity contribution in [2.24, 2.45) is 0 Å². The van der Waals surface area contributed by atoms with E-state index in [0.29, 0.717) is 41.1 Å². The molecule has 1 saturated carbocycles. The molecule has 1 aliphatic heterocycles. The number of nitriles is 1. The van der Waals surface area contributed by atoms with Crippen molar-refractivity contribution in [1.82, 2.24) is 44.9 Å². The second-order valence-electron chi connectivity index (χ2n) is 11.6. The third kappa shape index (κ3) is 8.56. The smallest absolute Gasteiger partial charge is 0.345 e. The lowest BCUT2D eigenvalue weighted by molar-refractivity contribution is -0.133. The maximum Gasteiger partial charge on any atom is 0.345 e. The lowest BCUT2D eigenvalue weighted by Gasteiger charge is -2.38. The Labute approximate surface area is 275 Å². The fraction of sp³-hybridized carbons (Fsp3) is 0.516. The van der Waals surface area contributed by atoms with Crippen molar-refractivity contribution < 1.29 is 27.7 Å². The van der Waals surface area contributed by atoms with E-state index in [0.717, 1.165) is 57.6 Å². The molecule has 1 aliphatic carbocycles. The third-order valence-corrected chi connectivity index (χ3v) is 8.36. The van der Waals surface area contributed by atoms with Crippen molar-refractivity contribution in [2.45, 2.75) is 64.0 Å². The molecule has 3 aromatic heterocycles. The normalized spacial score (nSPS) is 19.1. The lowest BCUT2D eigenvalue weighted by Crippen LogP contribution is -2.45. The van der Waals surface area contributed by atoms with Gasteiger partial charge in [-0.1, -0.05) is 6.07 Å². The van der Waals surface area contributed by atoms with Gasteiger partial charge in [-0.05, 0) is 60.7 Å². The van der Waals surface area contributed by atoms with Crippen LogP contribution in [-0.4, -0.2) is 103 Å². The number of hydrogen-bond acceptors (Lipinski definition) is 13. The van der Waals surface area contributed by atoms with E-state index < -0.39 is 6.61 Å². The van der Waals surface area contributed by atoms with E-state index in [1.165, 1.54) is 6.33 Å². The van der Waals surface area contributed by atoms with E-state index in [2.05, 4.69) is 51.6 Å². The Morgan fingerprint density at radius 3 is 2.54 bits per heavy atom. The SMILES string of the molecule is C[C@@H](Cn1cnnn1)Oc1cc(-c2cnc(Nc3cn(C4CCC(N5CCOCC5)CC4)nc3OCCOC(F)F)nc2)ccc1C#N. The zero-order valence-electron chi connectivity index (χ0n) is 26.5. The van der Waals surface area contributed by atoms with Gasteiger partial charge < -0.3 is 24.3 Å². The maximum atomic E-state index is 12.5. The summed E-state index contributed by atoms with van der Waals surface area (Å²) in [4.78, 5) is 11.5. The number of hydrogen-bond donors (Lipinski definition) is 1. The number of rotatable bonds is 14. The summed E-state index contributed by atoms with van der Waals surface area (Å²) < 4.78 is 50.1. The monoisotopic (exact) mass is 665 g/mol. The minimum absolute atomic E-state index is 0.100. The van der Waals surface area contributed by atoms with Crippen molar-refractivity contribution in [2.75, 3.05) is 44.8 Å². The molecular weight excluding hydrogens is 628 g/mol. The van der Waals surface area contributed by atoms with Gasteiger partial charge in [-0.25, -0.2) is 14.6 Å². The highest BCUT2D eigenvalue weighted by Gasteiger charge is 2.29. The van der Waals surface area contributed by atoms with Gasteiger partial charge in [0, 0.05) is 37.1 Å². The maximum absolute atomic E-state index is 12.5. The van der Waals surface area contributed by atoms with Crippen LogP contribution in [0.2, 0.25) is 0 Å². The highest BCUT2D eigenvalue weighted by Crippen LogP contribution is 2.35. The predicted octanol–water partition coefficient (Wildman–Crippen LogP) is 3.84. The molecule has 2 fully saturated rings. The summed E-state index contributed by atoms with van der Waals surface area (Å²) in [6, 6.07) is 8.12. The van der Waals surface area contributed by atoms with Crippen LogP contribution in [0.15, 0.2) is 43.1 Å². The van der Waals surface area contributed by atoms with Crippen LogP contribution in [0, 0.1) is 11.3 Å². The minimum atomic E-state index is -2.88. The number of alkyl halides is 2. The number of halogens is 2. The van der Waals surface area contributed by atoms with Gasteiger partial charge in [0.1, 0.15) is 36.5 Å². The Hall–Kier alpha value is -4.79. The molecule has 1 N–H and O–H groups in total. The average Bonchev–Trinajstić information content (AvgIpc) is 3.77. The van der Waals surface area contributed by atoms with Crippen LogP contribution in [0.4, 0.5) is 20.4 Å². The van der Waals surface area contributed by atoms with Crippen molar-refractivity contribution >= 4 is 11.6 Å². The molecule has 17 heteroatoms. The molecule has 15 nitrogen and oxygen atoms in total. The first kappa shape index (κ1) is 33.1. The quantitative estimate of drug-likeness (QED) is 0.194. The molecular formula is C31H37F2N11O4. The Bertz CT molecular complexity index is 1640. The molecule has 6 rings (SSSR count). The van der Waals surface area contributed by atoms with Gasteiger partial charge in [0.2, 0.25) is 5.95 Å². The number of benzene rings is 1. The summed E-state index contributed by atoms with van der Waals surface area (Å²) in [5.74, 6) is 0.963. The molecule has 1 aromatic carbocycles. The first-order chi connectivity index (χ1) is 23.4. The van der Waals surface area contributed by atoms with Crippen LogP contribution in [0.1, 0.15) is 44.2 Å². The molecule has 1 saturated heterocycles. The van der Waals surface area contributed by atoms with Gasteiger partial charge in [0.05, 0.1) is 44.2 Å². The van der Waals surface area contributed by atoms with Crippen LogP contribution >= 0.6 is 0 Å². The largest absolute Gasteiger partial charge is 0.487 e. The number of ether oxygens (including phenoxy) is 4. The molecule has 2 aliphatic rings. The number of anilines is 2. The summed E-state index contributed by atoms with van der Waals surface area (Å²) in [6.07, 6.45) is 10.4. The van der Waals surface area contributed by atoms with Crippen LogP contribution in [0.25, 0.3) is 11.1 Å². The third-order valence-electron chi connectivity index (χ3n) is 8.36. The van der Waals surface area contributed by atoms with E-state index in [-0.39, 0.29) is 31.2 Å². The molecule has 254 valence electrons. The molecule has 4 aromatic rings. The average molecular weight is 666 g/mol. The minimum Gasteiger partial charge on any atom is -0.487 e. The molecule has 1 atom stereocenters. The fourth-order valence-corrected chi connectivity index (χ4v) is 6.00. The highest BCUT2D eigenvalue weighted by atomic mass is 19.3. The summed E-state index contributed by atoms with van der Waals surface area (Å²) in [7, 11) is 0. The first-order valence-electron chi connectivity index (χ1n) is 15.9. The Kier molecular flexibility index (Phi) is 11.0. The second-order valence-corrected chi connectivity index (χ2v) is 11.6. The number of aromatic nitrogens is 8. The molecule has 0 radical (unpaired) electrons. The van der Waals surface area contributed by atoms with Crippen LogP contribution in [0.3, 0.4) is 0 Å². The van der Waals surface area contributed by atoms with Gasteiger partial charge in [0.15, 0.2) is 0 Å². The first-order valence-corrected chi connectivity index (χ1v) is 15.9. The second kappa shape index (κ2) is 15.9. The number of tetrazole rings is 1. The summed E-state index contributed by atoms with van der Waals surface area (Å²) in [6.45, 7) is 2.49. The topological polar surface area (TPSA) is 163 Å². The van der Waals surface area contributed by atoms with E-state index in [1.54, 1.807) is 35.3 Å². The fourth-order valence-electron chi connectivity index (χ4n) is 6.00. The Morgan fingerprint density at radius 1 is 1.06 bits per heavy atom. The van der Waals surface area contributed by atoms with Crippen molar-refractivity contribution in [3.8, 4) is 28.8 Å². The van der Waals surface area contributed by atoms with Crippen molar-refractivity contribution in [3.05, 3.63) is 48.7 Å². The molecule has 0 spiro atoms. The zero-order chi connectivity index (χ0) is 33.3. The molecule has 48 heavy (non-hydrogen) atoms. The van der Waals surface area contributed by atoms with E-state index in [1.807, 2.05) is 17.8 Å². The van der Waals surface area contributed by atoms with Gasteiger partial charge >= 0.3 is 6.61 Å². The summed E-state index contributed by atoms with van der Waals surface area (Å²) >= 11 is 0. The van der Waals surface area contributed by atoms with E-state index in [4.69, 9.17) is 14.2 Å². The lowest BCUT2D eigenvalue weighted by atomic mass is 9.90. The van der Waals surface area contributed by atoms with Gasteiger partial charge in [0.25, 0.3) is 5.88 Å². The standard InChI is InChI=1S/C31H37F2N11O4/c1-21(18-43-20-37-40-41-43)48-28-14-22(2-3-23(28)15-34)24-16-35-31(36-17-24)38-27-19-44(39-29(27)46-12-13-47-30(32)33)26-6-4-25(5-7-26)42-8-10-45-11-9-42/h2-3,14,16-17,19-21,25-26,30H,4-13,18H2,1H3,(H,35,36,38)/t21-,25?,26?/m0/s1. The molecule has 0 amide bonds. The Morgan fingerprint density at radius 2 is 1.83 bits per heavy atom. The van der Waals surface area contributed by atoms with Gasteiger partial charge in [-0.2, -0.15) is 14.0 Å². The molecule has 0 bridgehead atoms. The van der Waals surface area contributed by atoms with E-state index in [9.17, 15) is 14.0 Å². The van der Waals surface area contributed by atoms with Gasteiger partial charge in [-0.3, -0.25) is 9.58 Å². The van der Waals surface area contributed by atoms with Crippen molar-refractivity contribution in [3.63, 3.8) is 0 Å². The predicted molar refractivity (Wildman–Crippen MR) is 167 cm³/mol. The molecule has 0 unspecified atom stereocenters. The van der Waals surface area contributed by atoms with Crippen molar-refractivity contribution in [1.29, 1.82) is 5.26 Å². The Balaban J connectivity index is 1.13. The highest BCUT2D eigenvalue weighted by molar-refractivity contribution is 5.67. The van der Waals surface area contributed by atoms with Crippen LogP contribution in [-0.2, 0) is 16.0 Å². The van der Waals surface area contributed by atoms with Crippen LogP contribution in [0.5, 0.6) is 11.6 Å².